The molecule has 0 unspecified atom stereocenters. The number of ether oxygens (including phenoxy) is 2. The van der Waals surface area contributed by atoms with Crippen molar-refractivity contribution in [3.8, 4) is 0 Å². The van der Waals surface area contributed by atoms with Gasteiger partial charge in [0.05, 0.1) is 20.1 Å². The van der Waals surface area contributed by atoms with Crippen LogP contribution in [-0.2, 0) is 25.5 Å². The third kappa shape index (κ3) is 6.85. The molecule has 0 aliphatic rings. The minimum absolute atomic E-state index is 0.000180. The first-order valence-electron chi connectivity index (χ1n) is 6.89. The second-order valence-electron chi connectivity index (χ2n) is 4.56. The molecule has 0 saturated carbocycles. The predicted octanol–water partition coefficient (Wildman–Crippen LogP) is 1.05. The average Bonchev–Trinajstić information content (AvgIpc) is 2.53. The van der Waals surface area contributed by atoms with Crippen molar-refractivity contribution in [3.63, 3.8) is 0 Å². The second-order valence-corrected chi connectivity index (χ2v) is 4.56. The van der Waals surface area contributed by atoms with Gasteiger partial charge in [-0.05, 0) is 18.1 Å². The monoisotopic (exact) mass is 294 g/mol. The summed E-state index contributed by atoms with van der Waals surface area (Å²) in [4.78, 5) is 29.1. The van der Waals surface area contributed by atoms with Gasteiger partial charge >= 0.3 is 5.97 Å². The fraction of sp³-hybridized carbons (Fsp3) is 0.533. The molecule has 1 aromatic heterocycles. The summed E-state index contributed by atoms with van der Waals surface area (Å²) in [7, 11) is 2.92. The third-order valence-electron chi connectivity index (χ3n) is 3.08. The van der Waals surface area contributed by atoms with Crippen LogP contribution in [0.25, 0.3) is 0 Å². The molecule has 6 nitrogen and oxygen atoms in total. The number of pyridine rings is 1. The van der Waals surface area contributed by atoms with Gasteiger partial charge in [0.1, 0.15) is 0 Å². The maximum absolute atomic E-state index is 12.2. The number of aryl methyl sites for hydroxylation is 1. The van der Waals surface area contributed by atoms with E-state index in [0.29, 0.717) is 32.5 Å². The van der Waals surface area contributed by atoms with Crippen molar-refractivity contribution in [2.75, 3.05) is 33.9 Å². The molecular weight excluding hydrogens is 272 g/mol. The van der Waals surface area contributed by atoms with Crippen LogP contribution in [0.1, 0.15) is 18.4 Å². The molecular formula is C15H22N2O4. The van der Waals surface area contributed by atoms with Crippen LogP contribution in [0.5, 0.6) is 0 Å². The van der Waals surface area contributed by atoms with Crippen molar-refractivity contribution in [1.29, 1.82) is 0 Å². The first-order chi connectivity index (χ1) is 10.2. The van der Waals surface area contributed by atoms with E-state index < -0.39 is 0 Å². The molecule has 0 aromatic carbocycles. The number of hydrogen-bond acceptors (Lipinski definition) is 5. The number of hydrogen-bond donors (Lipinski definition) is 0. The van der Waals surface area contributed by atoms with Crippen LogP contribution < -0.4 is 0 Å². The molecule has 0 atom stereocenters. The second kappa shape index (κ2) is 9.88. The molecule has 0 aliphatic heterocycles. The average molecular weight is 294 g/mol. The normalized spacial score (nSPS) is 10.2. The maximum Gasteiger partial charge on any atom is 0.307 e. The maximum atomic E-state index is 12.2. The number of rotatable bonds is 9. The van der Waals surface area contributed by atoms with Crippen molar-refractivity contribution in [3.05, 3.63) is 30.1 Å². The summed E-state index contributed by atoms with van der Waals surface area (Å²) in [6.07, 6.45) is 4.66. The number of methoxy groups -OCH3 is 2. The van der Waals surface area contributed by atoms with Crippen molar-refractivity contribution >= 4 is 11.9 Å². The molecule has 0 spiro atoms. The zero-order valence-corrected chi connectivity index (χ0v) is 12.6. The minimum Gasteiger partial charge on any atom is -0.469 e. The Bertz CT molecular complexity index is 437. The molecule has 1 rings (SSSR count). The van der Waals surface area contributed by atoms with Crippen LogP contribution in [-0.4, -0.2) is 55.7 Å². The van der Waals surface area contributed by atoms with Gasteiger partial charge in [-0.1, -0.05) is 6.07 Å². The van der Waals surface area contributed by atoms with Crippen LogP contribution in [0.3, 0.4) is 0 Å². The molecule has 0 radical (unpaired) electrons. The Morgan fingerprint density at radius 3 is 2.67 bits per heavy atom. The van der Waals surface area contributed by atoms with Gasteiger partial charge in [0.2, 0.25) is 5.91 Å². The summed E-state index contributed by atoms with van der Waals surface area (Å²) in [5.41, 5.74) is 1.02. The number of amides is 1. The topological polar surface area (TPSA) is 68.7 Å². The van der Waals surface area contributed by atoms with E-state index in [0.717, 1.165) is 5.56 Å². The highest BCUT2D eigenvalue weighted by Gasteiger charge is 2.15. The zero-order valence-electron chi connectivity index (χ0n) is 12.6. The van der Waals surface area contributed by atoms with Gasteiger partial charge in [0.25, 0.3) is 0 Å². The van der Waals surface area contributed by atoms with E-state index in [1.54, 1.807) is 24.4 Å². The summed E-state index contributed by atoms with van der Waals surface area (Å²) in [6.45, 7) is 1.26. The molecule has 1 aromatic rings. The lowest BCUT2D eigenvalue weighted by Crippen LogP contribution is -2.36. The van der Waals surface area contributed by atoms with Gasteiger partial charge in [-0.25, -0.2) is 0 Å². The van der Waals surface area contributed by atoms with Crippen molar-refractivity contribution < 1.29 is 19.1 Å². The summed E-state index contributed by atoms with van der Waals surface area (Å²) >= 11 is 0. The number of esters is 1. The molecule has 0 saturated heterocycles. The Kier molecular flexibility index (Phi) is 8.04. The molecule has 0 fully saturated rings. The first-order valence-corrected chi connectivity index (χ1v) is 6.89. The number of nitrogens with zero attached hydrogens (tertiary/aromatic N) is 2. The highest BCUT2D eigenvalue weighted by atomic mass is 16.5. The molecule has 1 amide bonds. The van der Waals surface area contributed by atoms with Gasteiger partial charge in [0.15, 0.2) is 0 Å². The fourth-order valence-corrected chi connectivity index (χ4v) is 1.85. The lowest BCUT2D eigenvalue weighted by atomic mass is 10.1. The predicted molar refractivity (Wildman–Crippen MR) is 77.6 cm³/mol. The van der Waals surface area contributed by atoms with Crippen LogP contribution in [0.4, 0.5) is 0 Å². The highest BCUT2D eigenvalue weighted by Crippen LogP contribution is 2.04. The molecule has 21 heavy (non-hydrogen) atoms. The summed E-state index contributed by atoms with van der Waals surface area (Å²) < 4.78 is 9.60. The van der Waals surface area contributed by atoms with E-state index >= 15 is 0 Å². The number of carbonyl (C=O) groups excluding carboxylic acids is 2. The van der Waals surface area contributed by atoms with Crippen LogP contribution >= 0.6 is 0 Å². The Labute approximate surface area is 125 Å². The Hall–Kier alpha value is -1.95. The van der Waals surface area contributed by atoms with Gasteiger partial charge in [-0.3, -0.25) is 14.6 Å². The summed E-state index contributed by atoms with van der Waals surface area (Å²) in [5.74, 6) is -0.322. The van der Waals surface area contributed by atoms with Crippen LogP contribution in [0.2, 0.25) is 0 Å². The lowest BCUT2D eigenvalue weighted by molar-refractivity contribution is -0.141. The number of aromatic nitrogens is 1. The number of carbonyl (C=O) groups is 2. The van der Waals surface area contributed by atoms with E-state index in [4.69, 9.17) is 4.74 Å². The molecule has 0 bridgehead atoms. The zero-order chi connectivity index (χ0) is 15.5. The SMILES string of the molecule is COCCN(CCC(=O)OC)C(=O)CCc1cccnc1. The van der Waals surface area contributed by atoms with E-state index in [9.17, 15) is 9.59 Å². The molecule has 116 valence electrons. The van der Waals surface area contributed by atoms with Crippen molar-refractivity contribution in [2.45, 2.75) is 19.3 Å². The van der Waals surface area contributed by atoms with E-state index in [1.165, 1.54) is 7.11 Å². The third-order valence-corrected chi connectivity index (χ3v) is 3.08. The minimum atomic E-state index is -0.322. The van der Waals surface area contributed by atoms with Gasteiger partial charge in [-0.2, -0.15) is 0 Å². The summed E-state index contributed by atoms with van der Waals surface area (Å²) in [6, 6.07) is 3.79. The molecule has 6 heteroatoms. The largest absolute Gasteiger partial charge is 0.469 e. The van der Waals surface area contributed by atoms with Crippen LogP contribution in [0.15, 0.2) is 24.5 Å². The molecule has 1 heterocycles. The van der Waals surface area contributed by atoms with Crippen LogP contribution in [0, 0.1) is 0 Å². The molecule has 0 N–H and O–H groups in total. The van der Waals surface area contributed by atoms with Gasteiger partial charge in [-0.15, -0.1) is 0 Å². The van der Waals surface area contributed by atoms with Gasteiger partial charge in [0, 0.05) is 39.0 Å². The fourth-order valence-electron chi connectivity index (χ4n) is 1.85. The van der Waals surface area contributed by atoms with E-state index in [-0.39, 0.29) is 18.3 Å². The smallest absolute Gasteiger partial charge is 0.307 e. The van der Waals surface area contributed by atoms with Gasteiger partial charge < -0.3 is 14.4 Å². The Morgan fingerprint density at radius 2 is 2.05 bits per heavy atom. The Morgan fingerprint density at radius 1 is 1.24 bits per heavy atom. The summed E-state index contributed by atoms with van der Waals surface area (Å²) in [5, 5.41) is 0. The Balaban J connectivity index is 2.47. The van der Waals surface area contributed by atoms with Crippen molar-refractivity contribution in [1.82, 2.24) is 9.88 Å². The van der Waals surface area contributed by atoms with E-state index in [1.807, 2.05) is 12.1 Å². The standard InChI is InChI=1S/C15H22N2O4/c1-20-11-10-17(9-7-15(19)21-2)14(18)6-5-13-4-3-8-16-12-13/h3-4,8,12H,5-7,9-11H2,1-2H3. The first kappa shape index (κ1) is 17.1. The van der Waals surface area contributed by atoms with Crippen molar-refractivity contribution in [2.24, 2.45) is 0 Å². The highest BCUT2D eigenvalue weighted by molar-refractivity contribution is 5.77. The van der Waals surface area contributed by atoms with E-state index in [2.05, 4.69) is 9.72 Å². The lowest BCUT2D eigenvalue weighted by Gasteiger charge is -2.22. The quantitative estimate of drug-likeness (QED) is 0.637. The molecule has 0 aliphatic carbocycles.